The number of benzene rings is 1. The predicted octanol–water partition coefficient (Wildman–Crippen LogP) is 9.52. The number of hydrogen-bond donors (Lipinski definition) is 4. The standard InChI is InChI=1S/C15H11BrN2O2.C9H22N2O.C8H5BrN2O2.C7H13NO2.C5H5BrN2.C4H8O2.C3H5ClO.C2H4O2.CH4O.CH4/c16-12-6-7-14-17-8-13(15(19)18(14)9-12)20-10-11-4-2-1-3-5-11;1-9(2,3)12-8(10(4)5)11(6)7;9-5-1-2-7-10-3-6(12)8(13)11(7)4-5;1-6(5-8(2)3)7(9)10-4;6-4-1-2-5(7)8-3-4;1-3-4(5)6-2;1-2-3(4)5;1-2(3)4;1-2;/h1-9H,10H2;8H,1-7H3;1-4,12H;5H,1-4H3;1-3H,(H2,7,8);3H2,1-2H3;2H2,1H3;1H3,(H,3,4);2H,1H3;1H4/b;;;6-5+;;;;;;. The Kier molecular flexibility index (Phi) is 45.4. The highest BCUT2D eigenvalue weighted by Crippen LogP contribution is 2.15. The average molecular weight is 1350 g/mol. The summed E-state index contributed by atoms with van der Waals surface area (Å²) in [5, 5.41) is 23.2. The number of anilines is 1. The SMILES string of the molecule is C.CC(=O)O.CCC(=O)Cl.CCC(=O)OC.CN(C)C(OC(C)(C)C)N(C)C.CO.COC(=O)/C(C)=C/N(C)C.Nc1ccc(Br)cn1.O=c1c(O)cnc2ccc(Br)cn12.O=c1c(OCc2ccccc2)cnc2ccc(Br)cn12. The number of nitrogen functional groups attached to an aromatic ring is 1. The fraction of sp³-hybridized carbons (Fsp3) is 0.400. The zero-order valence-corrected chi connectivity index (χ0v) is 53.6. The van der Waals surface area contributed by atoms with E-state index in [1.807, 2.05) is 94.6 Å². The molecule has 0 amide bonds. The first-order valence-corrected chi connectivity index (χ1v) is 26.5. The number of carbonyl (C=O) groups excluding carboxylic acids is 3. The van der Waals surface area contributed by atoms with Crippen LogP contribution in [0.25, 0.3) is 11.3 Å². The van der Waals surface area contributed by atoms with E-state index in [0.29, 0.717) is 42.1 Å². The molecule has 5 N–H and O–H groups in total. The maximum atomic E-state index is 12.3. The minimum atomic E-state index is -0.833. The normalized spacial score (nSPS) is 10.0. The van der Waals surface area contributed by atoms with Gasteiger partial charge in [0.15, 0.2) is 6.35 Å². The number of aromatic hydroxyl groups is 1. The number of rotatable bonds is 10. The van der Waals surface area contributed by atoms with Crippen LogP contribution >= 0.6 is 59.4 Å². The first-order chi connectivity index (χ1) is 37.3. The molecule has 1 aromatic carbocycles. The van der Waals surface area contributed by atoms with Gasteiger partial charge >= 0.3 is 11.9 Å². The van der Waals surface area contributed by atoms with E-state index in [2.05, 4.69) is 93.0 Å². The first-order valence-electron chi connectivity index (χ1n) is 23.7. The Hall–Kier alpha value is -6.32. The molecule has 0 aliphatic rings. The number of methoxy groups -OCH3 is 2. The number of nitrogens with zero attached hydrogens (tertiary/aromatic N) is 8. The van der Waals surface area contributed by atoms with Crippen molar-refractivity contribution >= 4 is 99.7 Å². The topological polar surface area (TPSA) is 283 Å². The third-order valence-electron chi connectivity index (χ3n) is 8.37. The van der Waals surface area contributed by atoms with Gasteiger partial charge in [-0.05, 0) is 157 Å². The molecule has 0 bridgehead atoms. The molecule has 0 radical (unpaired) electrons. The Balaban J connectivity index is -0.000000436. The van der Waals surface area contributed by atoms with Crippen molar-refractivity contribution in [2.24, 2.45) is 0 Å². The highest BCUT2D eigenvalue weighted by Gasteiger charge is 2.21. The number of hydrogen-bond acceptors (Lipinski definition) is 19. The molecule has 0 saturated heterocycles. The molecule has 26 heteroatoms. The van der Waals surface area contributed by atoms with Crippen LogP contribution in [0.3, 0.4) is 0 Å². The smallest absolute Gasteiger partial charge is 0.334 e. The van der Waals surface area contributed by atoms with Crippen molar-refractivity contribution in [3.63, 3.8) is 0 Å². The van der Waals surface area contributed by atoms with E-state index < -0.39 is 11.5 Å². The number of esters is 2. The molecule has 0 unspecified atom stereocenters. The molecule has 5 aromatic heterocycles. The number of aliphatic carboxylic acids is 1. The Morgan fingerprint density at radius 2 is 1.19 bits per heavy atom. The third-order valence-corrected chi connectivity index (χ3v) is 10.0. The number of pyridine rings is 3. The Morgan fingerprint density at radius 3 is 1.53 bits per heavy atom. The van der Waals surface area contributed by atoms with Crippen molar-refractivity contribution in [1.82, 2.24) is 38.5 Å². The second-order valence-corrected chi connectivity index (χ2v) is 20.3. The van der Waals surface area contributed by atoms with E-state index in [-0.39, 0.29) is 53.6 Å². The predicted molar refractivity (Wildman–Crippen MR) is 330 cm³/mol. The Labute approximate surface area is 505 Å². The molecule has 0 aliphatic carbocycles. The van der Waals surface area contributed by atoms with Gasteiger partial charge in [0, 0.05) is 84.8 Å². The summed E-state index contributed by atoms with van der Waals surface area (Å²) in [5.41, 5.74) is 7.22. The minimum absolute atomic E-state index is 0. The fourth-order valence-electron chi connectivity index (χ4n) is 5.03. The van der Waals surface area contributed by atoms with Crippen LogP contribution in [0.4, 0.5) is 5.82 Å². The van der Waals surface area contributed by atoms with Gasteiger partial charge in [0.1, 0.15) is 23.7 Å². The monoisotopic (exact) mass is 1350 g/mol. The van der Waals surface area contributed by atoms with Crippen LogP contribution in [-0.4, -0.2) is 152 Å². The van der Waals surface area contributed by atoms with Crippen molar-refractivity contribution in [3.05, 3.63) is 149 Å². The summed E-state index contributed by atoms with van der Waals surface area (Å²) in [4.78, 5) is 80.7. The molecule has 5 heterocycles. The van der Waals surface area contributed by atoms with Crippen LogP contribution in [-0.2, 0) is 40.0 Å². The van der Waals surface area contributed by atoms with Crippen molar-refractivity contribution in [2.75, 3.05) is 69.3 Å². The Bertz CT molecular complexity index is 2840. The second kappa shape index (κ2) is 45.3. The molecule has 81 heavy (non-hydrogen) atoms. The number of halogens is 4. The zero-order chi connectivity index (χ0) is 62.3. The van der Waals surface area contributed by atoms with E-state index in [1.165, 1.54) is 29.2 Å². The van der Waals surface area contributed by atoms with Gasteiger partial charge in [0.05, 0.1) is 32.2 Å². The molecule has 22 nitrogen and oxygen atoms in total. The fourth-order valence-corrected chi connectivity index (χ4v) is 5.94. The number of carbonyl (C=O) groups is 4. The van der Waals surface area contributed by atoms with Crippen LogP contribution in [0.5, 0.6) is 11.5 Å². The van der Waals surface area contributed by atoms with E-state index in [1.54, 1.807) is 74.7 Å². The molecule has 6 aromatic rings. The van der Waals surface area contributed by atoms with Crippen LogP contribution in [0.15, 0.2) is 132 Å². The molecule has 0 aliphatic heterocycles. The molecule has 6 rings (SSSR count). The molecular formula is C55H81Br3ClN9O13. The number of carboxylic acids is 1. The summed E-state index contributed by atoms with van der Waals surface area (Å²) < 4.78 is 25.4. The average Bonchev–Trinajstić information content (AvgIpc) is 3.42. The summed E-state index contributed by atoms with van der Waals surface area (Å²) in [5.74, 6) is -0.836. The maximum Gasteiger partial charge on any atom is 0.334 e. The van der Waals surface area contributed by atoms with Crippen LogP contribution in [0, 0.1) is 0 Å². The van der Waals surface area contributed by atoms with Gasteiger partial charge in [-0.25, -0.2) is 19.7 Å². The van der Waals surface area contributed by atoms with Gasteiger partial charge in [-0.3, -0.25) is 42.6 Å². The summed E-state index contributed by atoms with van der Waals surface area (Å²) >= 11 is 14.6. The van der Waals surface area contributed by atoms with Crippen molar-refractivity contribution in [3.8, 4) is 11.5 Å². The van der Waals surface area contributed by atoms with Crippen molar-refractivity contribution in [2.45, 2.75) is 87.3 Å². The van der Waals surface area contributed by atoms with Crippen molar-refractivity contribution < 1.29 is 53.4 Å². The second-order valence-electron chi connectivity index (χ2n) is 17.1. The van der Waals surface area contributed by atoms with E-state index in [4.69, 9.17) is 46.9 Å². The van der Waals surface area contributed by atoms with Gasteiger partial charge in [0.2, 0.25) is 16.7 Å². The van der Waals surface area contributed by atoms with Gasteiger partial charge in [-0.2, -0.15) is 0 Å². The van der Waals surface area contributed by atoms with Gasteiger partial charge in [-0.1, -0.05) is 51.6 Å². The lowest BCUT2D eigenvalue weighted by Gasteiger charge is -2.35. The lowest BCUT2D eigenvalue weighted by Crippen LogP contribution is -2.46. The zero-order valence-electron chi connectivity index (χ0n) is 48.1. The maximum absolute atomic E-state index is 12.3. The van der Waals surface area contributed by atoms with Gasteiger partial charge in [-0.15, -0.1) is 0 Å². The quantitative estimate of drug-likeness (QED) is 0.0430. The highest BCUT2D eigenvalue weighted by molar-refractivity contribution is 9.11. The summed E-state index contributed by atoms with van der Waals surface area (Å²) in [6.07, 6.45) is 10.2. The van der Waals surface area contributed by atoms with Crippen LogP contribution in [0.1, 0.15) is 74.3 Å². The number of aliphatic hydroxyl groups is 1. The molecule has 0 saturated carbocycles. The molecule has 452 valence electrons. The minimum Gasteiger partial charge on any atom is -0.502 e. The number of carboxylic acid groups (broad SMARTS) is 1. The van der Waals surface area contributed by atoms with Crippen LogP contribution in [0.2, 0.25) is 0 Å². The Morgan fingerprint density at radius 1 is 0.728 bits per heavy atom. The summed E-state index contributed by atoms with van der Waals surface area (Å²) in [6.45, 7) is 12.8. The summed E-state index contributed by atoms with van der Waals surface area (Å²) in [7, 11) is 15.5. The number of ether oxygens (including phenoxy) is 4. The van der Waals surface area contributed by atoms with E-state index >= 15 is 0 Å². The first kappa shape index (κ1) is 81.2. The number of fused-ring (bicyclic) bond motifs is 2. The van der Waals surface area contributed by atoms with E-state index in [9.17, 15) is 24.0 Å². The van der Waals surface area contributed by atoms with E-state index in [0.717, 1.165) is 39.2 Å². The third kappa shape index (κ3) is 39.7. The van der Waals surface area contributed by atoms with Gasteiger partial charge < -0.3 is 44.9 Å². The number of aliphatic hydroxyl groups excluding tert-OH is 1. The summed E-state index contributed by atoms with van der Waals surface area (Å²) in [6, 6.07) is 20.4. The largest absolute Gasteiger partial charge is 0.502 e. The lowest BCUT2D eigenvalue weighted by atomic mass is 10.2. The van der Waals surface area contributed by atoms with Gasteiger partial charge in [0.25, 0.3) is 17.1 Å². The number of aromatic nitrogens is 5. The van der Waals surface area contributed by atoms with Crippen molar-refractivity contribution in [1.29, 1.82) is 0 Å². The molecule has 0 atom stereocenters. The highest BCUT2D eigenvalue weighted by atomic mass is 79.9. The van der Waals surface area contributed by atoms with Crippen LogP contribution < -0.4 is 21.6 Å². The molecular weight excluding hydrogens is 1270 g/mol. The molecule has 0 fully saturated rings. The number of nitrogens with two attached hydrogens (primary N) is 1. The molecule has 0 spiro atoms. The lowest BCUT2D eigenvalue weighted by molar-refractivity contribution is -0.179.